The van der Waals surface area contributed by atoms with Crippen LogP contribution in [0.15, 0.2) is 24.3 Å². The third-order valence-electron chi connectivity index (χ3n) is 2.05. The van der Waals surface area contributed by atoms with Gasteiger partial charge in [-0.1, -0.05) is 37.3 Å². The molecular weight excluding hydrogens is 158 g/mol. The van der Waals surface area contributed by atoms with Gasteiger partial charge in [-0.3, -0.25) is 0 Å². The zero-order chi connectivity index (χ0) is 9.19. The maximum absolute atomic E-state index is 8.87. The highest BCUT2D eigenvalue weighted by atomic mass is 14.3. The predicted octanol–water partition coefficient (Wildman–Crippen LogP) is 3.43. The molecule has 0 N–H and O–H groups in total. The lowest BCUT2D eigenvalue weighted by Crippen LogP contribution is -2.13. The predicted molar refractivity (Wildman–Crippen MR) is 56.5 cm³/mol. The number of aryl methyl sites for hydroxylation is 1. The van der Waals surface area contributed by atoms with Gasteiger partial charge < -0.3 is 0 Å². The molecule has 0 atom stereocenters. The van der Waals surface area contributed by atoms with E-state index in [9.17, 15) is 0 Å². The number of benzene rings is 1. The second-order valence-corrected chi connectivity index (χ2v) is 3.60. The molecule has 0 bridgehead atoms. The van der Waals surface area contributed by atoms with E-state index in [0.29, 0.717) is 0 Å². The van der Waals surface area contributed by atoms with Gasteiger partial charge in [0.2, 0.25) is 0 Å². The lowest BCUT2D eigenvalue weighted by Gasteiger charge is -2.15. The molecular formula is C12H17N. The minimum atomic E-state index is -0.367. The van der Waals surface area contributed by atoms with Crippen LogP contribution in [-0.2, 0) is 5.41 Å². The molecule has 0 fully saturated rings. The van der Waals surface area contributed by atoms with Gasteiger partial charge in [0.1, 0.15) is 0 Å². The van der Waals surface area contributed by atoms with Gasteiger partial charge in [-0.15, -0.1) is 0 Å². The third kappa shape index (κ3) is 2.59. The highest BCUT2D eigenvalue weighted by Crippen LogP contribution is 2.21. The van der Waals surface area contributed by atoms with E-state index in [1.165, 1.54) is 5.56 Å². The van der Waals surface area contributed by atoms with E-state index in [1.807, 2.05) is 45.0 Å². The van der Waals surface area contributed by atoms with E-state index < -0.39 is 0 Å². The minimum Gasteiger partial charge on any atom is -0.197 e. The molecule has 1 heteroatoms. The third-order valence-corrected chi connectivity index (χ3v) is 2.05. The van der Waals surface area contributed by atoms with Crippen molar-refractivity contribution in [3.05, 3.63) is 35.4 Å². The monoisotopic (exact) mass is 175 g/mol. The summed E-state index contributed by atoms with van der Waals surface area (Å²) in [5.74, 6) is 0. The summed E-state index contributed by atoms with van der Waals surface area (Å²) in [4.78, 5) is 0. The zero-order valence-corrected chi connectivity index (χ0v) is 7.76. The Balaban J connectivity index is 0.00000144. The fraction of sp³-hybridized carbons (Fsp3) is 0.417. The van der Waals surface area contributed by atoms with Gasteiger partial charge in [-0.25, -0.2) is 0 Å². The Hall–Kier alpha value is -1.29. The SMILES string of the molecule is C.Cc1ccc(C(C)(C)C#N)cc1. The van der Waals surface area contributed by atoms with Crippen LogP contribution < -0.4 is 0 Å². The van der Waals surface area contributed by atoms with E-state index in [4.69, 9.17) is 5.26 Å². The molecule has 0 aliphatic rings. The molecule has 0 unspecified atom stereocenters. The average molecular weight is 175 g/mol. The molecule has 0 aliphatic carbocycles. The van der Waals surface area contributed by atoms with Crippen molar-refractivity contribution < 1.29 is 0 Å². The second-order valence-electron chi connectivity index (χ2n) is 3.60. The molecule has 0 aromatic heterocycles. The summed E-state index contributed by atoms with van der Waals surface area (Å²) in [6, 6.07) is 10.4. The van der Waals surface area contributed by atoms with Gasteiger partial charge in [-0.2, -0.15) is 5.26 Å². The minimum absolute atomic E-state index is 0. The van der Waals surface area contributed by atoms with E-state index in [-0.39, 0.29) is 12.8 Å². The fourth-order valence-electron chi connectivity index (χ4n) is 1.03. The van der Waals surface area contributed by atoms with Gasteiger partial charge in [0, 0.05) is 0 Å². The van der Waals surface area contributed by atoms with Crippen LogP contribution in [0.3, 0.4) is 0 Å². The van der Waals surface area contributed by atoms with Gasteiger partial charge in [-0.05, 0) is 26.3 Å². The first-order valence-electron chi connectivity index (χ1n) is 4.04. The number of rotatable bonds is 1. The summed E-state index contributed by atoms with van der Waals surface area (Å²) >= 11 is 0. The Labute approximate surface area is 81.0 Å². The molecule has 1 aromatic rings. The van der Waals surface area contributed by atoms with Crippen molar-refractivity contribution in [2.45, 2.75) is 33.6 Å². The van der Waals surface area contributed by atoms with Crippen LogP contribution >= 0.6 is 0 Å². The van der Waals surface area contributed by atoms with Crippen LogP contribution in [0.1, 0.15) is 32.4 Å². The molecule has 0 heterocycles. The number of nitriles is 1. The summed E-state index contributed by atoms with van der Waals surface area (Å²) in [6.45, 7) is 5.90. The van der Waals surface area contributed by atoms with Crippen LogP contribution in [-0.4, -0.2) is 0 Å². The van der Waals surface area contributed by atoms with Gasteiger partial charge >= 0.3 is 0 Å². The summed E-state index contributed by atoms with van der Waals surface area (Å²) in [7, 11) is 0. The molecule has 0 aliphatic heterocycles. The Bertz CT molecular complexity index is 301. The van der Waals surface area contributed by atoms with Crippen molar-refractivity contribution in [2.75, 3.05) is 0 Å². The second kappa shape index (κ2) is 4.09. The largest absolute Gasteiger partial charge is 0.197 e. The Morgan fingerprint density at radius 1 is 1.15 bits per heavy atom. The number of hydrogen-bond acceptors (Lipinski definition) is 1. The van der Waals surface area contributed by atoms with Crippen molar-refractivity contribution in [1.29, 1.82) is 5.26 Å². The first kappa shape index (κ1) is 11.7. The summed E-state index contributed by atoms with van der Waals surface area (Å²) in [5.41, 5.74) is 1.94. The smallest absolute Gasteiger partial charge is 0.0766 e. The van der Waals surface area contributed by atoms with Crippen LogP contribution in [0.4, 0.5) is 0 Å². The van der Waals surface area contributed by atoms with Gasteiger partial charge in [0.25, 0.3) is 0 Å². The molecule has 13 heavy (non-hydrogen) atoms. The quantitative estimate of drug-likeness (QED) is 0.641. The first-order chi connectivity index (χ1) is 5.56. The normalized spacial score (nSPS) is 10.0. The van der Waals surface area contributed by atoms with Crippen molar-refractivity contribution >= 4 is 0 Å². The van der Waals surface area contributed by atoms with E-state index in [1.54, 1.807) is 0 Å². The highest BCUT2D eigenvalue weighted by molar-refractivity contribution is 5.32. The molecule has 0 radical (unpaired) electrons. The van der Waals surface area contributed by atoms with Crippen LogP contribution in [0.5, 0.6) is 0 Å². The molecule has 0 amide bonds. The molecule has 0 saturated carbocycles. The van der Waals surface area contributed by atoms with Crippen LogP contribution in [0.25, 0.3) is 0 Å². The molecule has 1 aromatic carbocycles. The van der Waals surface area contributed by atoms with E-state index >= 15 is 0 Å². The van der Waals surface area contributed by atoms with Crippen molar-refractivity contribution in [2.24, 2.45) is 0 Å². The lowest BCUT2D eigenvalue weighted by atomic mass is 9.86. The Kier molecular flexibility index (Phi) is 3.69. The van der Waals surface area contributed by atoms with Crippen molar-refractivity contribution in [3.8, 4) is 6.07 Å². The lowest BCUT2D eigenvalue weighted by molar-refractivity contribution is 0.686. The van der Waals surface area contributed by atoms with Gasteiger partial charge in [0.05, 0.1) is 11.5 Å². The van der Waals surface area contributed by atoms with Gasteiger partial charge in [0.15, 0.2) is 0 Å². The molecule has 70 valence electrons. The highest BCUT2D eigenvalue weighted by Gasteiger charge is 2.18. The zero-order valence-electron chi connectivity index (χ0n) is 7.76. The summed E-state index contributed by atoms with van der Waals surface area (Å²) in [5, 5.41) is 8.87. The standard InChI is InChI=1S/C11H13N.CH4/c1-9-4-6-10(7-5-9)11(2,3)8-12;/h4-7H,1-3H3;1H4. The van der Waals surface area contributed by atoms with E-state index in [0.717, 1.165) is 5.56 Å². The molecule has 1 nitrogen and oxygen atoms in total. The Morgan fingerprint density at radius 2 is 1.62 bits per heavy atom. The average Bonchev–Trinajstić information content (AvgIpc) is 2.05. The molecule has 1 rings (SSSR count). The summed E-state index contributed by atoms with van der Waals surface area (Å²) < 4.78 is 0. The first-order valence-corrected chi connectivity index (χ1v) is 4.04. The van der Waals surface area contributed by atoms with E-state index in [2.05, 4.69) is 6.07 Å². The van der Waals surface area contributed by atoms with Crippen molar-refractivity contribution in [3.63, 3.8) is 0 Å². The fourth-order valence-corrected chi connectivity index (χ4v) is 1.03. The topological polar surface area (TPSA) is 23.8 Å². The maximum atomic E-state index is 8.87. The number of hydrogen-bond donors (Lipinski definition) is 0. The Morgan fingerprint density at radius 3 is 2.00 bits per heavy atom. The van der Waals surface area contributed by atoms with Crippen LogP contribution in [0.2, 0.25) is 0 Å². The number of nitrogens with zero attached hydrogens (tertiary/aromatic N) is 1. The van der Waals surface area contributed by atoms with Crippen molar-refractivity contribution in [1.82, 2.24) is 0 Å². The maximum Gasteiger partial charge on any atom is 0.0766 e. The van der Waals surface area contributed by atoms with Crippen LogP contribution in [0, 0.1) is 18.3 Å². The molecule has 0 saturated heterocycles. The molecule has 0 spiro atoms. The summed E-state index contributed by atoms with van der Waals surface area (Å²) in [6.07, 6.45) is 0.